The molecule has 0 radical (unpaired) electrons. The van der Waals surface area contributed by atoms with Crippen molar-refractivity contribution in [2.45, 2.75) is 206 Å². The maximum absolute atomic E-state index is 12.4. The summed E-state index contributed by atoms with van der Waals surface area (Å²) in [5, 5.41) is 0. The van der Waals surface area contributed by atoms with Gasteiger partial charge in [0.1, 0.15) is 6.61 Å². The summed E-state index contributed by atoms with van der Waals surface area (Å²) in [6.07, 6.45) is 44.3. The van der Waals surface area contributed by atoms with Crippen LogP contribution in [0.4, 0.5) is 0 Å². The quantitative estimate of drug-likeness (QED) is 0.0278. The molecule has 0 aromatic carbocycles. The topological polar surface area (TPSA) is 119 Å². The van der Waals surface area contributed by atoms with E-state index in [0.717, 1.165) is 64.2 Å². The molecular weight excluding hydrogens is 663 g/mol. The minimum atomic E-state index is -4.76. The highest BCUT2D eigenvalue weighted by Crippen LogP contribution is 2.36. The van der Waals surface area contributed by atoms with Crippen molar-refractivity contribution in [2.24, 2.45) is 0 Å². The summed E-state index contributed by atoms with van der Waals surface area (Å²) in [6.45, 7) is 3.63. The largest absolute Gasteiger partial charge is 0.469 e. The first kappa shape index (κ1) is 49.3. The van der Waals surface area contributed by atoms with Crippen LogP contribution in [0.1, 0.15) is 200 Å². The van der Waals surface area contributed by atoms with Crippen molar-refractivity contribution in [2.75, 3.05) is 13.2 Å². The second-order valence-corrected chi connectivity index (χ2v) is 15.2. The van der Waals surface area contributed by atoms with E-state index in [9.17, 15) is 14.2 Å². The van der Waals surface area contributed by atoms with Crippen molar-refractivity contribution in [3.05, 3.63) is 36.5 Å². The van der Waals surface area contributed by atoms with Gasteiger partial charge in [-0.1, -0.05) is 159 Å². The third-order valence-electron chi connectivity index (χ3n) is 8.88. The number of hydrogen-bond donors (Lipinski definition) is 2. The van der Waals surface area contributed by atoms with Gasteiger partial charge in [-0.3, -0.25) is 14.1 Å². The minimum Gasteiger partial charge on any atom is -0.462 e. The van der Waals surface area contributed by atoms with Crippen LogP contribution in [0.15, 0.2) is 36.5 Å². The Hall–Kier alpha value is -1.73. The number of allylic oxidation sites excluding steroid dienone is 6. The molecule has 8 nitrogen and oxygen atoms in total. The summed E-state index contributed by atoms with van der Waals surface area (Å²) in [6, 6.07) is 0. The Bertz CT molecular complexity index is 926. The molecule has 0 heterocycles. The first-order valence-corrected chi connectivity index (χ1v) is 22.3. The van der Waals surface area contributed by atoms with Gasteiger partial charge in [0.25, 0.3) is 0 Å². The van der Waals surface area contributed by atoms with E-state index < -0.39 is 32.5 Å². The van der Waals surface area contributed by atoms with Crippen LogP contribution in [0.3, 0.4) is 0 Å². The van der Waals surface area contributed by atoms with E-state index in [4.69, 9.17) is 19.3 Å². The maximum Gasteiger partial charge on any atom is 0.469 e. The molecule has 51 heavy (non-hydrogen) atoms. The van der Waals surface area contributed by atoms with Crippen LogP contribution in [-0.4, -0.2) is 41.0 Å². The number of rotatable bonds is 38. The summed E-state index contributed by atoms with van der Waals surface area (Å²) < 4.78 is 26.4. The van der Waals surface area contributed by atoms with E-state index >= 15 is 0 Å². The Morgan fingerprint density at radius 3 is 1.37 bits per heavy atom. The summed E-state index contributed by atoms with van der Waals surface area (Å²) in [5.74, 6) is -0.900. The van der Waals surface area contributed by atoms with E-state index in [-0.39, 0.29) is 19.4 Å². The Kier molecular flexibility index (Phi) is 36.7. The number of esters is 2. The fraction of sp³-hybridized carbons (Fsp3) is 0.810. The maximum atomic E-state index is 12.4. The van der Waals surface area contributed by atoms with E-state index in [1.807, 2.05) is 0 Å². The molecule has 0 rings (SSSR count). The molecule has 1 atom stereocenters. The van der Waals surface area contributed by atoms with Crippen LogP contribution in [0.5, 0.6) is 0 Å². The number of ether oxygens (including phenoxy) is 2. The molecule has 2 N–H and O–H groups in total. The molecule has 0 aromatic heterocycles. The second kappa shape index (κ2) is 38.0. The first-order valence-electron chi connectivity index (χ1n) is 20.8. The number of carbonyl (C=O) groups is 2. The normalized spacial score (nSPS) is 12.8. The van der Waals surface area contributed by atoms with E-state index in [0.29, 0.717) is 6.42 Å². The average Bonchev–Trinajstić information content (AvgIpc) is 3.10. The minimum absolute atomic E-state index is 0.196. The Morgan fingerprint density at radius 1 is 0.510 bits per heavy atom. The van der Waals surface area contributed by atoms with Crippen molar-refractivity contribution in [1.29, 1.82) is 0 Å². The van der Waals surface area contributed by atoms with Gasteiger partial charge in [0, 0.05) is 12.8 Å². The van der Waals surface area contributed by atoms with Gasteiger partial charge in [0.05, 0.1) is 6.61 Å². The SMILES string of the molecule is CCCC/C=C\C/C=C\CCCCCCCC(=O)OC(COC(=O)CCCCCCCCCCC/C=C\CCCCCCCC)COP(=O)(O)O. The van der Waals surface area contributed by atoms with E-state index in [1.165, 1.54) is 103 Å². The van der Waals surface area contributed by atoms with Crippen molar-refractivity contribution in [3.63, 3.8) is 0 Å². The zero-order valence-electron chi connectivity index (χ0n) is 32.8. The number of unbranched alkanes of at least 4 members (excludes halogenated alkanes) is 22. The van der Waals surface area contributed by atoms with Gasteiger partial charge in [-0.05, 0) is 64.2 Å². The number of phosphoric ester groups is 1. The van der Waals surface area contributed by atoms with Crippen LogP contribution in [0.25, 0.3) is 0 Å². The zero-order valence-corrected chi connectivity index (χ0v) is 33.6. The van der Waals surface area contributed by atoms with Crippen molar-refractivity contribution in [3.8, 4) is 0 Å². The molecule has 0 fully saturated rings. The van der Waals surface area contributed by atoms with E-state index in [1.54, 1.807) is 0 Å². The monoisotopic (exact) mass is 741 g/mol. The lowest BCUT2D eigenvalue weighted by atomic mass is 10.1. The smallest absolute Gasteiger partial charge is 0.462 e. The van der Waals surface area contributed by atoms with Crippen LogP contribution in [-0.2, 0) is 28.2 Å². The lowest BCUT2D eigenvalue weighted by Crippen LogP contribution is -2.29. The standard InChI is InChI=1S/C42H77O8P/c1-3-5-7-9-11-13-15-17-19-20-21-22-23-25-26-28-30-32-34-36-41(43)48-38-40(39-49-51(45,46)47)50-42(44)37-35-33-31-29-27-24-18-16-14-12-10-8-6-4-2/h10,12,16-19,40H,3-9,11,13-15,20-39H2,1-2H3,(H2,45,46,47)/b12-10-,18-16-,19-17-. The Morgan fingerprint density at radius 2 is 0.902 bits per heavy atom. The summed E-state index contributed by atoms with van der Waals surface area (Å²) >= 11 is 0. The predicted molar refractivity (Wildman–Crippen MR) is 211 cm³/mol. The molecule has 0 bridgehead atoms. The van der Waals surface area contributed by atoms with Gasteiger partial charge in [-0.2, -0.15) is 0 Å². The van der Waals surface area contributed by atoms with Gasteiger partial charge in [-0.25, -0.2) is 4.57 Å². The third kappa shape index (κ3) is 40.9. The van der Waals surface area contributed by atoms with Crippen LogP contribution < -0.4 is 0 Å². The Balaban J connectivity index is 3.91. The molecule has 0 aliphatic rings. The molecule has 1 unspecified atom stereocenters. The van der Waals surface area contributed by atoms with Crippen molar-refractivity contribution >= 4 is 19.8 Å². The molecule has 0 saturated carbocycles. The fourth-order valence-corrected chi connectivity index (χ4v) is 6.10. The number of hydrogen-bond acceptors (Lipinski definition) is 6. The molecular formula is C42H77O8P. The van der Waals surface area contributed by atoms with Crippen LogP contribution in [0, 0.1) is 0 Å². The summed E-state index contributed by atoms with van der Waals surface area (Å²) in [4.78, 5) is 42.8. The lowest BCUT2D eigenvalue weighted by Gasteiger charge is -2.18. The highest BCUT2D eigenvalue weighted by atomic mass is 31.2. The number of carbonyl (C=O) groups excluding carboxylic acids is 2. The molecule has 9 heteroatoms. The predicted octanol–water partition coefficient (Wildman–Crippen LogP) is 12.6. The second-order valence-electron chi connectivity index (χ2n) is 14.0. The van der Waals surface area contributed by atoms with Gasteiger partial charge in [0.15, 0.2) is 6.10 Å². The zero-order chi connectivity index (χ0) is 37.5. The molecule has 298 valence electrons. The molecule has 0 saturated heterocycles. The van der Waals surface area contributed by atoms with Gasteiger partial charge in [-0.15, -0.1) is 0 Å². The molecule has 0 spiro atoms. The lowest BCUT2D eigenvalue weighted by molar-refractivity contribution is -0.161. The van der Waals surface area contributed by atoms with E-state index in [2.05, 4.69) is 54.8 Å². The molecule has 0 aliphatic heterocycles. The van der Waals surface area contributed by atoms with Crippen molar-refractivity contribution < 1.29 is 37.9 Å². The summed E-state index contributed by atoms with van der Waals surface area (Å²) in [5.41, 5.74) is 0. The van der Waals surface area contributed by atoms with Gasteiger partial charge >= 0.3 is 19.8 Å². The third-order valence-corrected chi connectivity index (χ3v) is 9.37. The summed E-state index contributed by atoms with van der Waals surface area (Å²) in [7, 11) is -4.76. The molecule has 0 aromatic rings. The fourth-order valence-electron chi connectivity index (χ4n) is 5.74. The van der Waals surface area contributed by atoms with Gasteiger partial charge in [0.2, 0.25) is 0 Å². The first-order chi connectivity index (χ1) is 24.8. The Labute approximate surface area is 312 Å². The van der Waals surface area contributed by atoms with Crippen molar-refractivity contribution in [1.82, 2.24) is 0 Å². The molecule has 0 amide bonds. The molecule has 0 aliphatic carbocycles. The van der Waals surface area contributed by atoms with Crippen LogP contribution in [0.2, 0.25) is 0 Å². The number of phosphoric acid groups is 1. The average molecular weight is 741 g/mol. The van der Waals surface area contributed by atoms with Crippen LogP contribution >= 0.6 is 7.82 Å². The highest BCUT2D eigenvalue weighted by molar-refractivity contribution is 7.46. The highest BCUT2D eigenvalue weighted by Gasteiger charge is 2.22. The van der Waals surface area contributed by atoms with Gasteiger partial charge < -0.3 is 19.3 Å².